The maximum Gasteiger partial charge on any atom is 0.234 e. The van der Waals surface area contributed by atoms with Gasteiger partial charge in [-0.3, -0.25) is 9.59 Å². The highest BCUT2D eigenvalue weighted by molar-refractivity contribution is 8.00. The van der Waals surface area contributed by atoms with E-state index < -0.39 is 0 Å². The topological polar surface area (TPSA) is 101 Å². The van der Waals surface area contributed by atoms with Crippen molar-refractivity contribution in [2.24, 2.45) is 0 Å². The van der Waals surface area contributed by atoms with Crippen LogP contribution in [0, 0.1) is 11.3 Å². The predicted octanol–water partition coefficient (Wildman–Crippen LogP) is 3.81. The number of amides is 1. The molecule has 0 atom stereocenters. The molecule has 2 heterocycles. The van der Waals surface area contributed by atoms with E-state index in [1.165, 1.54) is 18.7 Å². The van der Waals surface area contributed by atoms with Gasteiger partial charge in [0.25, 0.3) is 0 Å². The highest BCUT2D eigenvalue weighted by Crippen LogP contribution is 2.35. The van der Waals surface area contributed by atoms with Crippen LogP contribution in [0.5, 0.6) is 11.5 Å². The Morgan fingerprint density at radius 1 is 1.13 bits per heavy atom. The van der Waals surface area contributed by atoms with Crippen LogP contribution < -0.4 is 14.8 Å². The van der Waals surface area contributed by atoms with E-state index in [4.69, 9.17) is 9.47 Å². The number of aromatic nitrogens is 1. The molecule has 0 fully saturated rings. The van der Waals surface area contributed by atoms with Crippen LogP contribution in [-0.2, 0) is 4.79 Å². The number of Topliss-reactive ketones (excluding diaryl/α,β-unsaturated/α-hetero) is 1. The Labute approximate surface area is 177 Å². The fourth-order valence-corrected chi connectivity index (χ4v) is 3.77. The van der Waals surface area contributed by atoms with E-state index in [-0.39, 0.29) is 17.4 Å². The molecule has 0 saturated carbocycles. The Hall–Kier alpha value is -3.57. The molecule has 1 aliphatic heterocycles. The molecule has 1 aromatic heterocycles. The second-order valence-electron chi connectivity index (χ2n) is 6.61. The first-order valence-corrected chi connectivity index (χ1v) is 10.2. The lowest BCUT2D eigenvalue weighted by Gasteiger charge is -2.18. The van der Waals surface area contributed by atoms with Gasteiger partial charge in [-0.05, 0) is 43.3 Å². The SMILES string of the molecule is CC(=O)c1ccc(NC(=O)CSc2nc3cc4c(cc3cc2C#N)OCCO4)cc1. The van der Waals surface area contributed by atoms with Gasteiger partial charge < -0.3 is 14.8 Å². The number of nitrogens with one attached hydrogen (secondary N) is 1. The smallest absolute Gasteiger partial charge is 0.234 e. The summed E-state index contributed by atoms with van der Waals surface area (Å²) in [6.45, 7) is 2.45. The van der Waals surface area contributed by atoms with Gasteiger partial charge in [0.2, 0.25) is 5.91 Å². The first-order chi connectivity index (χ1) is 14.5. The van der Waals surface area contributed by atoms with E-state index in [9.17, 15) is 14.9 Å². The molecule has 4 rings (SSSR count). The van der Waals surface area contributed by atoms with Crippen LogP contribution in [0.15, 0.2) is 47.5 Å². The van der Waals surface area contributed by atoms with Gasteiger partial charge in [-0.1, -0.05) is 11.8 Å². The third-order valence-corrected chi connectivity index (χ3v) is 5.47. The average Bonchev–Trinajstić information content (AvgIpc) is 2.76. The van der Waals surface area contributed by atoms with Crippen molar-refractivity contribution in [1.82, 2.24) is 4.98 Å². The molecule has 3 aromatic rings. The summed E-state index contributed by atoms with van der Waals surface area (Å²) < 4.78 is 11.2. The second-order valence-corrected chi connectivity index (χ2v) is 7.58. The van der Waals surface area contributed by atoms with Crippen molar-refractivity contribution >= 4 is 40.0 Å². The van der Waals surface area contributed by atoms with Gasteiger partial charge in [-0.25, -0.2) is 4.98 Å². The summed E-state index contributed by atoms with van der Waals surface area (Å²) in [5.41, 5.74) is 2.24. The van der Waals surface area contributed by atoms with Gasteiger partial charge in [0.1, 0.15) is 24.3 Å². The number of rotatable bonds is 5. The number of nitrogens with zero attached hydrogens (tertiary/aromatic N) is 2. The van der Waals surface area contributed by atoms with Gasteiger partial charge in [0, 0.05) is 22.7 Å². The Morgan fingerprint density at radius 3 is 2.50 bits per heavy atom. The Bertz CT molecular complexity index is 1190. The number of benzene rings is 2. The zero-order valence-corrected chi connectivity index (χ0v) is 16.9. The van der Waals surface area contributed by atoms with E-state index in [2.05, 4.69) is 16.4 Å². The number of anilines is 1. The summed E-state index contributed by atoms with van der Waals surface area (Å²) in [5, 5.41) is 13.5. The first kappa shape index (κ1) is 19.7. The largest absolute Gasteiger partial charge is 0.486 e. The lowest BCUT2D eigenvalue weighted by molar-refractivity contribution is -0.113. The van der Waals surface area contributed by atoms with E-state index in [0.29, 0.717) is 52.1 Å². The lowest BCUT2D eigenvalue weighted by atomic mass is 10.1. The summed E-state index contributed by atoms with van der Waals surface area (Å²) in [7, 11) is 0. The predicted molar refractivity (Wildman–Crippen MR) is 113 cm³/mol. The number of hydrogen-bond acceptors (Lipinski definition) is 7. The number of hydrogen-bond donors (Lipinski definition) is 1. The molecule has 1 N–H and O–H groups in total. The number of carbonyl (C=O) groups excluding carboxylic acids is 2. The maximum atomic E-state index is 12.3. The molecule has 0 saturated heterocycles. The minimum Gasteiger partial charge on any atom is -0.486 e. The van der Waals surface area contributed by atoms with E-state index in [1.807, 2.05) is 6.07 Å². The van der Waals surface area contributed by atoms with Gasteiger partial charge in [-0.15, -0.1) is 0 Å². The molecular weight excluding hydrogens is 402 g/mol. The van der Waals surface area contributed by atoms with Crippen molar-refractivity contribution in [2.75, 3.05) is 24.3 Å². The molecule has 0 radical (unpaired) electrons. The van der Waals surface area contributed by atoms with Crippen molar-refractivity contribution in [2.45, 2.75) is 11.9 Å². The van der Waals surface area contributed by atoms with Gasteiger partial charge >= 0.3 is 0 Å². The van der Waals surface area contributed by atoms with Crippen LogP contribution in [0.2, 0.25) is 0 Å². The van der Waals surface area contributed by atoms with Gasteiger partial charge in [0.15, 0.2) is 17.3 Å². The number of ether oxygens (including phenoxy) is 2. The third kappa shape index (κ3) is 4.21. The van der Waals surface area contributed by atoms with Gasteiger partial charge in [-0.2, -0.15) is 5.26 Å². The monoisotopic (exact) mass is 419 g/mol. The highest BCUT2D eigenvalue weighted by Gasteiger charge is 2.16. The number of thioether (sulfide) groups is 1. The molecule has 1 amide bonds. The highest BCUT2D eigenvalue weighted by atomic mass is 32.2. The molecule has 0 bridgehead atoms. The van der Waals surface area contributed by atoms with Crippen molar-refractivity contribution in [3.05, 3.63) is 53.6 Å². The molecule has 7 nitrogen and oxygen atoms in total. The molecule has 2 aromatic carbocycles. The summed E-state index contributed by atoms with van der Waals surface area (Å²) in [4.78, 5) is 28.2. The number of carbonyl (C=O) groups is 2. The van der Waals surface area contributed by atoms with Crippen molar-refractivity contribution in [3.63, 3.8) is 0 Å². The molecule has 30 heavy (non-hydrogen) atoms. The standard InChI is InChI=1S/C22H17N3O4S/c1-13(26)14-2-4-17(5-3-14)24-21(27)12-30-22-16(11-23)8-15-9-19-20(10-18(15)25-22)29-7-6-28-19/h2-5,8-10H,6-7,12H2,1H3,(H,24,27). The molecule has 8 heteroatoms. The van der Waals surface area contributed by atoms with Crippen LogP contribution in [0.1, 0.15) is 22.8 Å². The Morgan fingerprint density at radius 2 is 1.83 bits per heavy atom. The number of fused-ring (bicyclic) bond motifs is 2. The zero-order valence-electron chi connectivity index (χ0n) is 16.1. The average molecular weight is 419 g/mol. The molecule has 0 spiro atoms. The van der Waals surface area contributed by atoms with Crippen molar-refractivity contribution in [1.29, 1.82) is 5.26 Å². The fourth-order valence-electron chi connectivity index (χ4n) is 3.00. The zero-order chi connectivity index (χ0) is 21.1. The van der Waals surface area contributed by atoms with Crippen LogP contribution in [-0.4, -0.2) is 35.6 Å². The van der Waals surface area contributed by atoms with E-state index in [0.717, 1.165) is 5.39 Å². The van der Waals surface area contributed by atoms with Gasteiger partial charge in [0.05, 0.1) is 16.8 Å². The first-order valence-electron chi connectivity index (χ1n) is 9.21. The van der Waals surface area contributed by atoms with Crippen LogP contribution in [0.3, 0.4) is 0 Å². The number of pyridine rings is 1. The molecule has 0 unspecified atom stereocenters. The summed E-state index contributed by atoms with van der Waals surface area (Å²) in [5.74, 6) is 1.08. The normalized spacial score (nSPS) is 12.3. The fraction of sp³-hybridized carbons (Fsp3) is 0.182. The minimum atomic E-state index is -0.233. The van der Waals surface area contributed by atoms with E-state index >= 15 is 0 Å². The van der Waals surface area contributed by atoms with Crippen LogP contribution in [0.25, 0.3) is 10.9 Å². The summed E-state index contributed by atoms with van der Waals surface area (Å²) in [6.07, 6.45) is 0. The molecule has 0 aliphatic carbocycles. The third-order valence-electron chi connectivity index (χ3n) is 4.48. The maximum absolute atomic E-state index is 12.3. The number of ketones is 1. The van der Waals surface area contributed by atoms with Crippen LogP contribution in [0.4, 0.5) is 5.69 Å². The number of nitriles is 1. The summed E-state index contributed by atoms with van der Waals surface area (Å²) >= 11 is 1.19. The second kappa shape index (κ2) is 8.43. The Balaban J connectivity index is 1.49. The minimum absolute atomic E-state index is 0.0342. The quantitative estimate of drug-likeness (QED) is 0.496. The van der Waals surface area contributed by atoms with Crippen molar-refractivity contribution < 1.29 is 19.1 Å². The molecule has 1 aliphatic rings. The Kier molecular flexibility index (Phi) is 5.55. The molecular formula is C22H17N3O4S. The molecule has 150 valence electrons. The van der Waals surface area contributed by atoms with E-state index in [1.54, 1.807) is 36.4 Å². The summed E-state index contributed by atoms with van der Waals surface area (Å²) in [6, 6.07) is 14.2. The van der Waals surface area contributed by atoms with Crippen LogP contribution >= 0.6 is 11.8 Å². The lowest BCUT2D eigenvalue weighted by Crippen LogP contribution is -2.15. The van der Waals surface area contributed by atoms with Crippen molar-refractivity contribution in [3.8, 4) is 17.6 Å².